The third kappa shape index (κ3) is 1.87. The summed E-state index contributed by atoms with van der Waals surface area (Å²) < 4.78 is 0. The lowest BCUT2D eigenvalue weighted by Gasteiger charge is -2.23. The number of benzene rings is 2. The number of carbonyl (C=O) groups is 2. The van der Waals surface area contributed by atoms with Crippen LogP contribution in [0.15, 0.2) is 72.8 Å². The summed E-state index contributed by atoms with van der Waals surface area (Å²) in [6.07, 6.45) is 5.59. The average molecular weight is 355 g/mol. The molecular formula is C24H21NO2. The first-order valence-electron chi connectivity index (χ1n) is 9.84. The van der Waals surface area contributed by atoms with Gasteiger partial charge >= 0.3 is 0 Å². The van der Waals surface area contributed by atoms with Crippen LogP contribution in [0.25, 0.3) is 0 Å². The van der Waals surface area contributed by atoms with E-state index in [1.165, 1.54) is 10.5 Å². The topological polar surface area (TPSA) is 37.4 Å². The monoisotopic (exact) mass is 355 g/mol. The van der Waals surface area contributed by atoms with Gasteiger partial charge in [0.15, 0.2) is 0 Å². The molecule has 3 nitrogen and oxygen atoms in total. The predicted molar refractivity (Wildman–Crippen MR) is 101 cm³/mol. The molecule has 0 N–H and O–H groups in total. The Kier molecular flexibility index (Phi) is 2.96. The maximum Gasteiger partial charge on any atom is 0.234 e. The van der Waals surface area contributed by atoms with Gasteiger partial charge < -0.3 is 0 Å². The van der Waals surface area contributed by atoms with Crippen molar-refractivity contribution in [1.82, 2.24) is 4.90 Å². The van der Waals surface area contributed by atoms with Crippen LogP contribution in [0.4, 0.5) is 0 Å². The molecule has 6 rings (SSSR count). The number of fused-ring (bicyclic) bond motifs is 3. The van der Waals surface area contributed by atoms with Crippen molar-refractivity contribution in [2.45, 2.75) is 18.9 Å². The van der Waals surface area contributed by atoms with E-state index in [9.17, 15) is 9.59 Å². The molecular weight excluding hydrogens is 334 g/mol. The van der Waals surface area contributed by atoms with E-state index in [2.05, 4.69) is 36.4 Å². The van der Waals surface area contributed by atoms with Gasteiger partial charge in [-0.3, -0.25) is 14.5 Å². The first kappa shape index (κ1) is 15.4. The third-order valence-corrected chi connectivity index (χ3v) is 7.46. The van der Waals surface area contributed by atoms with E-state index in [1.54, 1.807) is 0 Å². The Bertz CT molecular complexity index is 932. The standard InChI is InChI=1S/C24H21NO2/c26-22-20-17-11-12-18(24(17)13-19(24)16-9-5-2-6-10-16)21(20)23(27)25(22)14-15-7-3-1-4-8-15/h1-12,17-21H,13-14H2/t17-,18+,19-,20+,21+,24?/m1/s1. The van der Waals surface area contributed by atoms with Crippen molar-refractivity contribution < 1.29 is 9.59 Å². The molecule has 2 amide bonds. The molecule has 2 aromatic carbocycles. The second kappa shape index (κ2) is 5.19. The fourth-order valence-electron chi connectivity index (χ4n) is 6.32. The van der Waals surface area contributed by atoms with E-state index < -0.39 is 0 Å². The van der Waals surface area contributed by atoms with Crippen molar-refractivity contribution in [2.24, 2.45) is 29.1 Å². The second-order valence-corrected chi connectivity index (χ2v) is 8.52. The Morgan fingerprint density at radius 3 is 1.96 bits per heavy atom. The fourth-order valence-corrected chi connectivity index (χ4v) is 6.32. The van der Waals surface area contributed by atoms with Crippen LogP contribution in [0.1, 0.15) is 23.5 Å². The van der Waals surface area contributed by atoms with Crippen LogP contribution in [-0.4, -0.2) is 16.7 Å². The SMILES string of the molecule is O=C1[C@@H]2[C@@H](C(=O)N1Cc1ccccc1)[C@@H]1C=C[C@H]2C12C[C@@H]2c1ccccc1. The number of nitrogens with zero attached hydrogens (tertiary/aromatic N) is 1. The number of hydrogen-bond acceptors (Lipinski definition) is 2. The first-order chi connectivity index (χ1) is 13.2. The summed E-state index contributed by atoms with van der Waals surface area (Å²) in [7, 11) is 0. The van der Waals surface area contributed by atoms with E-state index in [0.717, 1.165) is 12.0 Å². The normalized spacial score (nSPS) is 38.1. The summed E-state index contributed by atoms with van der Waals surface area (Å²) in [6, 6.07) is 20.4. The molecule has 3 fully saturated rings. The zero-order chi connectivity index (χ0) is 18.2. The van der Waals surface area contributed by atoms with Crippen molar-refractivity contribution in [3.8, 4) is 0 Å². The molecule has 0 aromatic heterocycles. The van der Waals surface area contributed by atoms with Gasteiger partial charge in [-0.2, -0.15) is 0 Å². The highest BCUT2D eigenvalue weighted by Crippen LogP contribution is 2.79. The molecule has 1 saturated heterocycles. The Morgan fingerprint density at radius 2 is 1.37 bits per heavy atom. The highest BCUT2D eigenvalue weighted by atomic mass is 16.2. The Balaban J connectivity index is 1.31. The number of amides is 2. The molecule has 2 saturated carbocycles. The minimum atomic E-state index is -0.148. The maximum atomic E-state index is 13.2. The van der Waals surface area contributed by atoms with E-state index in [0.29, 0.717) is 12.5 Å². The van der Waals surface area contributed by atoms with Crippen molar-refractivity contribution in [2.75, 3.05) is 0 Å². The largest absolute Gasteiger partial charge is 0.278 e. The van der Waals surface area contributed by atoms with Crippen LogP contribution in [0, 0.1) is 29.1 Å². The summed E-state index contributed by atoms with van der Waals surface area (Å²) >= 11 is 0. The van der Waals surface area contributed by atoms with Crippen LogP contribution in [-0.2, 0) is 16.1 Å². The summed E-state index contributed by atoms with van der Waals surface area (Å²) in [4.78, 5) is 28.0. The van der Waals surface area contributed by atoms with Crippen molar-refractivity contribution in [1.29, 1.82) is 0 Å². The molecule has 3 heteroatoms. The van der Waals surface area contributed by atoms with Gasteiger partial charge in [-0.05, 0) is 40.7 Å². The minimum absolute atomic E-state index is 0.0452. The fraction of sp³-hybridized carbons (Fsp3) is 0.333. The van der Waals surface area contributed by atoms with Crippen LogP contribution in [0.2, 0.25) is 0 Å². The molecule has 1 aliphatic heterocycles. The van der Waals surface area contributed by atoms with Gasteiger partial charge in [-0.15, -0.1) is 0 Å². The van der Waals surface area contributed by atoms with E-state index in [1.807, 2.05) is 36.4 Å². The maximum absolute atomic E-state index is 13.2. The Hall–Kier alpha value is -2.68. The number of imide groups is 1. The smallest absolute Gasteiger partial charge is 0.234 e. The third-order valence-electron chi connectivity index (χ3n) is 7.46. The predicted octanol–water partition coefficient (Wildman–Crippen LogP) is 3.78. The van der Waals surface area contributed by atoms with Crippen molar-refractivity contribution >= 4 is 11.8 Å². The highest BCUT2D eigenvalue weighted by Gasteiger charge is 2.77. The van der Waals surface area contributed by atoms with Gasteiger partial charge in [0.2, 0.25) is 11.8 Å². The zero-order valence-corrected chi connectivity index (χ0v) is 15.0. The molecule has 134 valence electrons. The number of likely N-dealkylation sites (tertiary alicyclic amines) is 1. The number of carbonyl (C=O) groups excluding carboxylic acids is 2. The summed E-state index contributed by atoms with van der Waals surface area (Å²) in [5, 5.41) is 0. The number of allylic oxidation sites excluding steroid dienone is 2. The molecule has 2 bridgehead atoms. The lowest BCUT2D eigenvalue weighted by Crippen LogP contribution is -2.34. The van der Waals surface area contributed by atoms with Gasteiger partial charge in [0.1, 0.15) is 0 Å². The van der Waals surface area contributed by atoms with Gasteiger partial charge in [0, 0.05) is 0 Å². The van der Waals surface area contributed by atoms with Crippen LogP contribution >= 0.6 is 0 Å². The molecule has 2 aromatic rings. The molecule has 1 heterocycles. The van der Waals surface area contributed by atoms with Gasteiger partial charge in [-0.25, -0.2) is 0 Å². The Morgan fingerprint density at radius 1 is 0.815 bits per heavy atom. The first-order valence-corrected chi connectivity index (χ1v) is 9.84. The molecule has 4 aliphatic rings. The van der Waals surface area contributed by atoms with E-state index in [4.69, 9.17) is 0 Å². The second-order valence-electron chi connectivity index (χ2n) is 8.52. The lowest BCUT2D eigenvalue weighted by molar-refractivity contribution is -0.141. The van der Waals surface area contributed by atoms with Crippen molar-refractivity contribution in [3.05, 3.63) is 83.9 Å². The van der Waals surface area contributed by atoms with Crippen LogP contribution < -0.4 is 0 Å². The molecule has 3 aliphatic carbocycles. The quantitative estimate of drug-likeness (QED) is 0.621. The minimum Gasteiger partial charge on any atom is -0.278 e. The molecule has 1 unspecified atom stereocenters. The molecule has 0 radical (unpaired) electrons. The molecule has 6 atom stereocenters. The lowest BCUT2D eigenvalue weighted by atomic mass is 9.85. The highest BCUT2D eigenvalue weighted by molar-refractivity contribution is 6.06. The summed E-state index contributed by atoms with van der Waals surface area (Å²) in [5.41, 5.74) is 2.49. The summed E-state index contributed by atoms with van der Waals surface area (Å²) in [5.74, 6) is 0.713. The van der Waals surface area contributed by atoms with Gasteiger partial charge in [0.25, 0.3) is 0 Å². The van der Waals surface area contributed by atoms with Crippen molar-refractivity contribution in [3.63, 3.8) is 0 Å². The Labute approximate surface area is 158 Å². The molecule has 27 heavy (non-hydrogen) atoms. The van der Waals surface area contributed by atoms with E-state index in [-0.39, 0.29) is 40.9 Å². The number of rotatable bonds is 3. The average Bonchev–Trinajstić information content (AvgIpc) is 3.21. The molecule has 1 spiro atoms. The van der Waals surface area contributed by atoms with E-state index >= 15 is 0 Å². The summed E-state index contributed by atoms with van der Waals surface area (Å²) in [6.45, 7) is 0.403. The van der Waals surface area contributed by atoms with Gasteiger partial charge in [0.05, 0.1) is 18.4 Å². The number of hydrogen-bond donors (Lipinski definition) is 0. The zero-order valence-electron chi connectivity index (χ0n) is 15.0. The van der Waals surface area contributed by atoms with Crippen LogP contribution in [0.5, 0.6) is 0 Å². The van der Waals surface area contributed by atoms with Crippen LogP contribution in [0.3, 0.4) is 0 Å². The van der Waals surface area contributed by atoms with Gasteiger partial charge in [-0.1, -0.05) is 72.8 Å².